The third-order valence-corrected chi connectivity index (χ3v) is 3.86. The molecule has 120 valence electrons. The van der Waals surface area contributed by atoms with Gasteiger partial charge in [-0.15, -0.1) is 0 Å². The molecule has 1 N–H and O–H groups in total. The second-order valence-corrected chi connectivity index (χ2v) is 5.80. The molecular weight excluding hydrogens is 294 g/mol. The lowest BCUT2D eigenvalue weighted by atomic mass is 10.1. The van der Waals surface area contributed by atoms with E-state index in [0.717, 1.165) is 11.3 Å². The third-order valence-electron chi connectivity index (χ3n) is 3.86. The average Bonchev–Trinajstić information content (AvgIpc) is 3.00. The predicted octanol–water partition coefficient (Wildman–Crippen LogP) is 2.37. The molecule has 0 fully saturated rings. The lowest BCUT2D eigenvalue weighted by Gasteiger charge is -2.14. The molecule has 23 heavy (non-hydrogen) atoms. The first-order valence-electron chi connectivity index (χ1n) is 7.41. The topological polar surface area (TPSA) is 85.8 Å². The van der Waals surface area contributed by atoms with E-state index < -0.39 is 0 Å². The second kappa shape index (κ2) is 5.49. The zero-order valence-electron chi connectivity index (χ0n) is 13.8. The molecule has 0 aliphatic rings. The van der Waals surface area contributed by atoms with Crippen LogP contribution in [0.25, 0.3) is 11.1 Å². The van der Waals surface area contributed by atoms with Gasteiger partial charge < -0.3 is 9.84 Å². The number of nitrogens with one attached hydrogen (secondary N) is 1. The monoisotopic (exact) mass is 313 g/mol. The Balaban J connectivity index is 1.95. The summed E-state index contributed by atoms with van der Waals surface area (Å²) in [6.45, 7) is 7.49. The number of pyridine rings is 1. The molecule has 3 aromatic heterocycles. The second-order valence-electron chi connectivity index (χ2n) is 5.80. The van der Waals surface area contributed by atoms with Gasteiger partial charge in [-0.05, 0) is 33.8 Å². The van der Waals surface area contributed by atoms with Crippen molar-refractivity contribution in [1.82, 2.24) is 25.2 Å². The summed E-state index contributed by atoms with van der Waals surface area (Å²) in [6.07, 6.45) is 1.92. The first-order valence-corrected chi connectivity index (χ1v) is 7.41. The van der Waals surface area contributed by atoms with Gasteiger partial charge in [-0.3, -0.25) is 9.48 Å². The summed E-state index contributed by atoms with van der Waals surface area (Å²) >= 11 is 0. The number of amides is 1. The summed E-state index contributed by atoms with van der Waals surface area (Å²) in [6, 6.07) is 1.60. The normalized spacial score (nSPS) is 12.6. The van der Waals surface area contributed by atoms with Crippen molar-refractivity contribution in [2.45, 2.75) is 33.7 Å². The van der Waals surface area contributed by atoms with Crippen molar-refractivity contribution in [1.29, 1.82) is 0 Å². The molecule has 0 aliphatic carbocycles. The molecule has 0 bridgehead atoms. The Bertz CT molecular complexity index is 893. The molecule has 3 aromatic rings. The van der Waals surface area contributed by atoms with Crippen molar-refractivity contribution >= 4 is 17.0 Å². The molecule has 3 rings (SSSR count). The largest absolute Gasteiger partial charge is 0.345 e. The number of rotatable bonds is 3. The van der Waals surface area contributed by atoms with Crippen LogP contribution in [0, 0.1) is 20.8 Å². The standard InChI is InChI=1S/C16H19N5O2/c1-8-6-12(14-11(4)20-23-16(14)17-8)15(22)18-9(2)13-7-21(5)19-10(13)3/h6-7,9H,1-5H3,(H,18,22)/t9-/m0/s1. The number of carbonyl (C=O) groups excluding carboxylic acids is 1. The van der Waals surface area contributed by atoms with Crippen molar-refractivity contribution in [2.24, 2.45) is 7.05 Å². The maximum atomic E-state index is 12.7. The van der Waals surface area contributed by atoms with Crippen LogP contribution in [-0.4, -0.2) is 25.8 Å². The fourth-order valence-corrected chi connectivity index (χ4v) is 2.79. The smallest absolute Gasteiger partial charge is 0.258 e. The number of aryl methyl sites for hydroxylation is 4. The fourth-order valence-electron chi connectivity index (χ4n) is 2.79. The third kappa shape index (κ3) is 2.69. The maximum Gasteiger partial charge on any atom is 0.258 e. The van der Waals surface area contributed by atoms with Gasteiger partial charge in [0.1, 0.15) is 0 Å². The highest BCUT2D eigenvalue weighted by atomic mass is 16.5. The van der Waals surface area contributed by atoms with Crippen molar-refractivity contribution in [3.05, 3.63) is 40.5 Å². The van der Waals surface area contributed by atoms with E-state index in [4.69, 9.17) is 4.52 Å². The van der Waals surface area contributed by atoms with Crippen LogP contribution in [0.1, 0.15) is 46.0 Å². The van der Waals surface area contributed by atoms with Gasteiger partial charge in [-0.2, -0.15) is 5.10 Å². The van der Waals surface area contributed by atoms with Gasteiger partial charge in [-0.25, -0.2) is 4.98 Å². The molecule has 7 heteroatoms. The van der Waals surface area contributed by atoms with Crippen molar-refractivity contribution < 1.29 is 9.32 Å². The molecule has 7 nitrogen and oxygen atoms in total. The number of fused-ring (bicyclic) bond motifs is 1. The van der Waals surface area contributed by atoms with E-state index in [1.54, 1.807) is 17.7 Å². The Morgan fingerprint density at radius 3 is 2.70 bits per heavy atom. The first-order chi connectivity index (χ1) is 10.9. The van der Waals surface area contributed by atoms with Crippen molar-refractivity contribution in [3.8, 4) is 0 Å². The average molecular weight is 313 g/mol. The van der Waals surface area contributed by atoms with Crippen LogP contribution < -0.4 is 5.32 Å². The lowest BCUT2D eigenvalue weighted by molar-refractivity contribution is 0.0941. The van der Waals surface area contributed by atoms with Gasteiger partial charge in [-0.1, -0.05) is 5.16 Å². The summed E-state index contributed by atoms with van der Waals surface area (Å²) in [5.74, 6) is -0.178. The summed E-state index contributed by atoms with van der Waals surface area (Å²) < 4.78 is 6.92. The van der Waals surface area contributed by atoms with Gasteiger partial charge in [0, 0.05) is 24.5 Å². The Hall–Kier alpha value is -2.70. The molecule has 0 radical (unpaired) electrons. The number of nitrogens with zero attached hydrogens (tertiary/aromatic N) is 4. The van der Waals surface area contributed by atoms with E-state index in [1.165, 1.54) is 0 Å². The number of carbonyl (C=O) groups is 1. The fraction of sp³-hybridized carbons (Fsp3) is 0.375. The quantitative estimate of drug-likeness (QED) is 0.802. The molecule has 3 heterocycles. The summed E-state index contributed by atoms with van der Waals surface area (Å²) in [7, 11) is 1.86. The summed E-state index contributed by atoms with van der Waals surface area (Å²) in [4.78, 5) is 17.0. The van der Waals surface area contributed by atoms with Gasteiger partial charge in [0.25, 0.3) is 11.6 Å². The first kappa shape index (κ1) is 15.2. The van der Waals surface area contributed by atoms with Gasteiger partial charge in [0.15, 0.2) is 0 Å². The lowest BCUT2D eigenvalue weighted by Crippen LogP contribution is -2.27. The molecule has 0 spiro atoms. The Morgan fingerprint density at radius 2 is 2.04 bits per heavy atom. The van der Waals surface area contributed by atoms with Gasteiger partial charge >= 0.3 is 0 Å². The molecule has 1 atom stereocenters. The molecule has 0 saturated carbocycles. The highest BCUT2D eigenvalue weighted by molar-refractivity contribution is 6.06. The van der Waals surface area contributed by atoms with E-state index in [2.05, 4.69) is 20.6 Å². The molecule has 1 amide bonds. The Labute approximate surface area is 133 Å². The zero-order valence-corrected chi connectivity index (χ0v) is 13.8. The van der Waals surface area contributed by atoms with E-state index in [1.807, 2.05) is 34.0 Å². The predicted molar refractivity (Wildman–Crippen MR) is 85.1 cm³/mol. The van der Waals surface area contributed by atoms with E-state index in [9.17, 15) is 4.79 Å². The minimum Gasteiger partial charge on any atom is -0.345 e. The number of hydrogen-bond acceptors (Lipinski definition) is 5. The van der Waals surface area contributed by atoms with Crippen molar-refractivity contribution in [2.75, 3.05) is 0 Å². The highest BCUT2D eigenvalue weighted by Crippen LogP contribution is 2.23. The molecule has 0 saturated heterocycles. The van der Waals surface area contributed by atoms with Crippen LogP contribution >= 0.6 is 0 Å². The Kier molecular flexibility index (Phi) is 3.63. The van der Waals surface area contributed by atoms with E-state index >= 15 is 0 Å². The van der Waals surface area contributed by atoms with Crippen LogP contribution in [0.5, 0.6) is 0 Å². The molecule has 0 aromatic carbocycles. The SMILES string of the molecule is Cc1cc(C(=O)N[C@@H](C)c2cn(C)nc2C)c2c(C)noc2n1. The van der Waals surface area contributed by atoms with Crippen LogP contribution in [0.2, 0.25) is 0 Å². The van der Waals surface area contributed by atoms with Crippen LogP contribution in [-0.2, 0) is 7.05 Å². The van der Waals surface area contributed by atoms with Crippen molar-refractivity contribution in [3.63, 3.8) is 0 Å². The minimum atomic E-state index is -0.178. The minimum absolute atomic E-state index is 0.153. The maximum absolute atomic E-state index is 12.7. The van der Waals surface area contributed by atoms with Crippen LogP contribution in [0.15, 0.2) is 16.8 Å². The molecule has 0 unspecified atom stereocenters. The number of aromatic nitrogens is 4. The molecule has 0 aliphatic heterocycles. The zero-order chi connectivity index (χ0) is 16.7. The summed E-state index contributed by atoms with van der Waals surface area (Å²) in [5, 5.41) is 11.9. The molecular formula is C16H19N5O2. The Morgan fingerprint density at radius 1 is 1.30 bits per heavy atom. The highest BCUT2D eigenvalue weighted by Gasteiger charge is 2.20. The van der Waals surface area contributed by atoms with E-state index in [-0.39, 0.29) is 11.9 Å². The van der Waals surface area contributed by atoms with Gasteiger partial charge in [0.2, 0.25) is 0 Å². The van der Waals surface area contributed by atoms with Crippen LogP contribution in [0.3, 0.4) is 0 Å². The van der Waals surface area contributed by atoms with E-state index in [0.29, 0.717) is 28.1 Å². The van der Waals surface area contributed by atoms with Crippen LogP contribution in [0.4, 0.5) is 0 Å². The number of hydrogen-bond donors (Lipinski definition) is 1. The summed E-state index contributed by atoms with van der Waals surface area (Å²) in [5.41, 5.74) is 4.17. The van der Waals surface area contributed by atoms with Gasteiger partial charge in [0.05, 0.1) is 28.4 Å².